The average Bonchev–Trinajstić information content (AvgIpc) is 2.38. The lowest BCUT2D eigenvalue weighted by atomic mass is 10.2. The number of hydrogen-bond donors (Lipinski definition) is 0. The van der Waals surface area contributed by atoms with Gasteiger partial charge >= 0.3 is 0 Å². The molecule has 1 amide bonds. The van der Waals surface area contributed by atoms with Crippen molar-refractivity contribution in [1.82, 2.24) is 4.98 Å². The lowest BCUT2D eigenvalue weighted by Gasteiger charge is -2.17. The summed E-state index contributed by atoms with van der Waals surface area (Å²) in [5.74, 6) is -0.108. The van der Waals surface area contributed by atoms with Gasteiger partial charge in [0.15, 0.2) is 0 Å². The fourth-order valence-electron chi connectivity index (χ4n) is 1.61. The minimum absolute atomic E-state index is 0.108. The van der Waals surface area contributed by atoms with E-state index in [9.17, 15) is 4.79 Å². The molecule has 0 unspecified atom stereocenters. The summed E-state index contributed by atoms with van der Waals surface area (Å²) in [4.78, 5) is 17.7. The van der Waals surface area contributed by atoms with Gasteiger partial charge in [-0.2, -0.15) is 0 Å². The lowest BCUT2D eigenvalue weighted by Crippen LogP contribution is -2.26. The number of benzene rings is 1. The minimum Gasteiger partial charge on any atom is -0.311 e. The Bertz CT molecular complexity index is 566. The summed E-state index contributed by atoms with van der Waals surface area (Å²) in [5.41, 5.74) is 2.53. The molecule has 0 aliphatic heterocycles. The smallest absolute Gasteiger partial charge is 0.258 e. The maximum Gasteiger partial charge on any atom is 0.258 e. The highest BCUT2D eigenvalue weighted by molar-refractivity contribution is 6.29. The Morgan fingerprint density at radius 1 is 1.22 bits per heavy atom. The molecule has 2 aromatic rings. The maximum atomic E-state index is 12.2. The minimum atomic E-state index is -0.108. The van der Waals surface area contributed by atoms with Crippen molar-refractivity contribution in [1.29, 1.82) is 0 Å². The van der Waals surface area contributed by atoms with E-state index in [4.69, 9.17) is 11.6 Å². The Kier molecular flexibility index (Phi) is 3.63. The molecule has 1 aromatic carbocycles. The van der Waals surface area contributed by atoms with Crippen molar-refractivity contribution in [2.45, 2.75) is 6.92 Å². The number of rotatable bonds is 2. The molecule has 4 heteroatoms. The molecule has 0 radical (unpaired) electrons. The summed E-state index contributed by atoms with van der Waals surface area (Å²) < 4.78 is 0. The molecule has 0 aliphatic carbocycles. The van der Waals surface area contributed by atoms with Gasteiger partial charge in [-0.25, -0.2) is 4.98 Å². The van der Waals surface area contributed by atoms with Crippen molar-refractivity contribution in [3.8, 4) is 0 Å². The summed E-state index contributed by atoms with van der Waals surface area (Å²) in [5, 5.41) is 0.318. The Labute approximate surface area is 111 Å². The van der Waals surface area contributed by atoms with E-state index in [-0.39, 0.29) is 5.91 Å². The largest absolute Gasteiger partial charge is 0.311 e. The first-order chi connectivity index (χ1) is 8.58. The lowest BCUT2D eigenvalue weighted by molar-refractivity contribution is 0.0993. The van der Waals surface area contributed by atoms with Crippen LogP contribution in [0.3, 0.4) is 0 Å². The van der Waals surface area contributed by atoms with Crippen LogP contribution >= 0.6 is 11.6 Å². The van der Waals surface area contributed by atoms with Crippen molar-refractivity contribution < 1.29 is 4.79 Å². The van der Waals surface area contributed by atoms with Gasteiger partial charge < -0.3 is 4.90 Å². The molecule has 0 saturated heterocycles. The normalized spacial score (nSPS) is 10.2. The van der Waals surface area contributed by atoms with Crippen molar-refractivity contribution in [3.05, 3.63) is 58.9 Å². The van der Waals surface area contributed by atoms with E-state index in [1.165, 1.54) is 6.20 Å². The number of anilines is 1. The highest BCUT2D eigenvalue weighted by atomic mass is 35.5. The molecular weight excluding hydrogens is 248 g/mol. The topological polar surface area (TPSA) is 33.2 Å². The van der Waals surface area contributed by atoms with Gasteiger partial charge in [0, 0.05) is 24.5 Å². The van der Waals surface area contributed by atoms with Gasteiger partial charge in [0.1, 0.15) is 5.15 Å². The van der Waals surface area contributed by atoms with Gasteiger partial charge in [0.2, 0.25) is 0 Å². The molecule has 92 valence electrons. The number of nitrogens with zero attached hydrogens (tertiary/aromatic N) is 2. The first kappa shape index (κ1) is 12.6. The molecule has 2 rings (SSSR count). The highest BCUT2D eigenvalue weighted by Crippen LogP contribution is 2.17. The summed E-state index contributed by atoms with van der Waals surface area (Å²) in [6.07, 6.45) is 1.53. The molecule has 1 heterocycles. The van der Waals surface area contributed by atoms with Gasteiger partial charge in [0.05, 0.1) is 0 Å². The molecule has 0 fully saturated rings. The van der Waals surface area contributed by atoms with Crippen LogP contribution in [0.15, 0.2) is 42.6 Å². The molecule has 0 saturated carbocycles. The van der Waals surface area contributed by atoms with Crippen LogP contribution in [0.5, 0.6) is 0 Å². The van der Waals surface area contributed by atoms with E-state index >= 15 is 0 Å². The first-order valence-corrected chi connectivity index (χ1v) is 5.92. The van der Waals surface area contributed by atoms with Crippen molar-refractivity contribution in [2.75, 3.05) is 11.9 Å². The molecule has 1 aromatic heterocycles. The molecule has 0 atom stereocenters. The van der Waals surface area contributed by atoms with Crippen LogP contribution in [0.1, 0.15) is 15.9 Å². The Hall–Kier alpha value is -1.87. The van der Waals surface area contributed by atoms with E-state index in [1.807, 2.05) is 31.2 Å². The van der Waals surface area contributed by atoms with Crippen LogP contribution in [0.2, 0.25) is 5.15 Å². The zero-order chi connectivity index (χ0) is 13.1. The first-order valence-electron chi connectivity index (χ1n) is 5.54. The van der Waals surface area contributed by atoms with E-state index in [2.05, 4.69) is 4.98 Å². The number of halogens is 1. The molecule has 18 heavy (non-hydrogen) atoms. The summed E-state index contributed by atoms with van der Waals surface area (Å²) >= 11 is 5.78. The molecule has 3 nitrogen and oxygen atoms in total. The van der Waals surface area contributed by atoms with Gasteiger partial charge in [-0.3, -0.25) is 4.79 Å². The number of pyridine rings is 1. The van der Waals surface area contributed by atoms with E-state index in [1.54, 1.807) is 24.1 Å². The second kappa shape index (κ2) is 5.19. The number of aromatic nitrogens is 1. The zero-order valence-electron chi connectivity index (χ0n) is 10.2. The van der Waals surface area contributed by atoms with Crippen LogP contribution in [0.25, 0.3) is 0 Å². The molecule has 0 N–H and O–H groups in total. The summed E-state index contributed by atoms with van der Waals surface area (Å²) in [6.45, 7) is 2.01. The molecule has 0 bridgehead atoms. The van der Waals surface area contributed by atoms with E-state index < -0.39 is 0 Å². The van der Waals surface area contributed by atoms with Gasteiger partial charge in [0.25, 0.3) is 5.91 Å². The third-order valence-electron chi connectivity index (χ3n) is 2.70. The van der Waals surface area contributed by atoms with Crippen molar-refractivity contribution >= 4 is 23.2 Å². The number of amides is 1. The summed E-state index contributed by atoms with van der Waals surface area (Å²) in [7, 11) is 1.74. The van der Waals surface area contributed by atoms with E-state index in [0.29, 0.717) is 10.7 Å². The van der Waals surface area contributed by atoms with Crippen LogP contribution < -0.4 is 4.90 Å². The number of aryl methyl sites for hydroxylation is 1. The SMILES string of the molecule is Cc1ccc(N(C)C(=O)c2ccnc(Cl)c2)cc1. The molecule has 0 aliphatic rings. The average molecular weight is 261 g/mol. The zero-order valence-corrected chi connectivity index (χ0v) is 11.0. The molecular formula is C14H13ClN2O. The number of hydrogen-bond acceptors (Lipinski definition) is 2. The van der Waals surface area contributed by atoms with Crippen LogP contribution in [-0.4, -0.2) is 17.9 Å². The molecule has 0 spiro atoms. The summed E-state index contributed by atoms with van der Waals surface area (Å²) in [6, 6.07) is 11.0. The van der Waals surface area contributed by atoms with Crippen molar-refractivity contribution in [3.63, 3.8) is 0 Å². The Balaban J connectivity index is 2.26. The fourth-order valence-corrected chi connectivity index (χ4v) is 1.79. The van der Waals surface area contributed by atoms with Gasteiger partial charge in [-0.15, -0.1) is 0 Å². The Morgan fingerprint density at radius 3 is 2.50 bits per heavy atom. The Morgan fingerprint density at radius 2 is 1.89 bits per heavy atom. The van der Waals surface area contributed by atoms with Crippen LogP contribution in [-0.2, 0) is 0 Å². The van der Waals surface area contributed by atoms with Crippen LogP contribution in [0.4, 0.5) is 5.69 Å². The van der Waals surface area contributed by atoms with Crippen LogP contribution in [0, 0.1) is 6.92 Å². The maximum absolute atomic E-state index is 12.2. The fraction of sp³-hybridized carbons (Fsp3) is 0.143. The van der Waals surface area contributed by atoms with E-state index in [0.717, 1.165) is 11.3 Å². The predicted octanol–water partition coefficient (Wildman–Crippen LogP) is 3.32. The second-order valence-electron chi connectivity index (χ2n) is 4.07. The third kappa shape index (κ3) is 2.68. The standard InChI is InChI=1S/C14H13ClN2O/c1-10-3-5-12(6-4-10)17(2)14(18)11-7-8-16-13(15)9-11/h3-9H,1-2H3. The number of carbonyl (C=O) groups is 1. The van der Waals surface area contributed by atoms with Crippen molar-refractivity contribution in [2.24, 2.45) is 0 Å². The quantitative estimate of drug-likeness (QED) is 0.776. The van der Waals surface area contributed by atoms with Gasteiger partial charge in [-0.05, 0) is 31.2 Å². The predicted molar refractivity (Wildman–Crippen MR) is 73.2 cm³/mol. The second-order valence-corrected chi connectivity index (χ2v) is 4.45. The highest BCUT2D eigenvalue weighted by Gasteiger charge is 2.13. The monoisotopic (exact) mass is 260 g/mol. The van der Waals surface area contributed by atoms with Gasteiger partial charge in [-0.1, -0.05) is 29.3 Å². The number of carbonyl (C=O) groups excluding carboxylic acids is 1. The third-order valence-corrected chi connectivity index (χ3v) is 2.91.